The Morgan fingerprint density at radius 1 is 0.941 bits per heavy atom. The maximum absolute atomic E-state index is 12.3. The summed E-state index contributed by atoms with van der Waals surface area (Å²) in [7, 11) is 0. The molecule has 0 saturated heterocycles. The van der Waals surface area contributed by atoms with Crippen molar-refractivity contribution in [3.63, 3.8) is 0 Å². The molecule has 2 aromatic rings. The van der Waals surface area contributed by atoms with Crippen molar-refractivity contribution in [1.29, 1.82) is 0 Å². The van der Waals surface area contributed by atoms with Crippen molar-refractivity contribution in [3.8, 4) is 11.8 Å². The van der Waals surface area contributed by atoms with Gasteiger partial charge in [-0.1, -0.05) is 49.7 Å². The zero-order chi connectivity index (χ0) is 24.3. The van der Waals surface area contributed by atoms with Crippen molar-refractivity contribution in [3.05, 3.63) is 70.8 Å². The highest BCUT2D eigenvalue weighted by Crippen LogP contribution is 2.17. The van der Waals surface area contributed by atoms with Gasteiger partial charge in [-0.05, 0) is 61.7 Å². The summed E-state index contributed by atoms with van der Waals surface area (Å²) in [6.45, 7) is 2.22. The predicted molar refractivity (Wildman–Crippen MR) is 130 cm³/mol. The standard InChI is InChI=1S/C27H33N3O4/c1-19(31)25(27(33)30-34)29-26(32)23-16-14-21(15-17-23)9-8-20-10-12-22(13-11-20)18-28-24-6-4-2-3-5-7-24/h10-17,19,24-25,28,31,34H,2-7,18H2,1H3,(H,29,32)(H,30,33). The predicted octanol–water partition coefficient (Wildman–Crippen LogP) is 2.88. The lowest BCUT2D eigenvalue weighted by molar-refractivity contribution is -0.133. The highest BCUT2D eigenvalue weighted by atomic mass is 16.5. The minimum atomic E-state index is -1.26. The molecule has 2 unspecified atom stereocenters. The van der Waals surface area contributed by atoms with Crippen LogP contribution in [0.2, 0.25) is 0 Å². The Labute approximate surface area is 200 Å². The Morgan fingerprint density at radius 3 is 2.03 bits per heavy atom. The number of hydrogen-bond donors (Lipinski definition) is 5. The lowest BCUT2D eigenvalue weighted by atomic mass is 10.1. The van der Waals surface area contributed by atoms with E-state index in [1.54, 1.807) is 24.3 Å². The molecule has 3 rings (SSSR count). The monoisotopic (exact) mass is 463 g/mol. The molecule has 7 nitrogen and oxygen atoms in total. The molecule has 2 amide bonds. The van der Waals surface area contributed by atoms with Crippen LogP contribution in [-0.2, 0) is 11.3 Å². The Balaban J connectivity index is 1.54. The Bertz CT molecular complexity index is 999. The van der Waals surface area contributed by atoms with Gasteiger partial charge in [-0.3, -0.25) is 14.8 Å². The van der Waals surface area contributed by atoms with E-state index < -0.39 is 24.0 Å². The summed E-state index contributed by atoms with van der Waals surface area (Å²) < 4.78 is 0. The highest BCUT2D eigenvalue weighted by molar-refractivity contribution is 5.97. The minimum Gasteiger partial charge on any atom is -0.391 e. The minimum absolute atomic E-state index is 0.312. The van der Waals surface area contributed by atoms with Gasteiger partial charge in [0.1, 0.15) is 6.04 Å². The van der Waals surface area contributed by atoms with E-state index in [1.165, 1.54) is 56.5 Å². The van der Waals surface area contributed by atoms with E-state index in [2.05, 4.69) is 34.6 Å². The average molecular weight is 464 g/mol. The molecule has 1 saturated carbocycles. The van der Waals surface area contributed by atoms with E-state index in [-0.39, 0.29) is 0 Å². The molecule has 180 valence electrons. The van der Waals surface area contributed by atoms with Crippen molar-refractivity contribution in [2.45, 2.75) is 70.2 Å². The van der Waals surface area contributed by atoms with Gasteiger partial charge in [0.25, 0.3) is 11.8 Å². The smallest absolute Gasteiger partial charge is 0.268 e. The Morgan fingerprint density at radius 2 is 1.50 bits per heavy atom. The van der Waals surface area contributed by atoms with Crippen LogP contribution in [-0.4, -0.2) is 40.3 Å². The van der Waals surface area contributed by atoms with Crippen molar-refractivity contribution in [2.24, 2.45) is 0 Å². The Hall–Kier alpha value is -3.18. The molecule has 2 atom stereocenters. The van der Waals surface area contributed by atoms with Gasteiger partial charge >= 0.3 is 0 Å². The first-order valence-electron chi connectivity index (χ1n) is 11.8. The van der Waals surface area contributed by atoms with Gasteiger partial charge < -0.3 is 15.7 Å². The van der Waals surface area contributed by atoms with E-state index in [4.69, 9.17) is 5.21 Å². The lowest BCUT2D eigenvalue weighted by Crippen LogP contribution is -2.51. The zero-order valence-corrected chi connectivity index (χ0v) is 19.5. The second-order valence-corrected chi connectivity index (χ2v) is 8.76. The number of rotatable bonds is 7. The molecular weight excluding hydrogens is 430 g/mol. The third kappa shape index (κ3) is 7.70. The van der Waals surface area contributed by atoms with E-state index in [1.807, 2.05) is 12.1 Å². The summed E-state index contributed by atoms with van der Waals surface area (Å²) >= 11 is 0. The largest absolute Gasteiger partial charge is 0.391 e. The summed E-state index contributed by atoms with van der Waals surface area (Å²) in [4.78, 5) is 23.9. The number of amides is 2. The van der Waals surface area contributed by atoms with E-state index in [0.29, 0.717) is 11.6 Å². The fraction of sp³-hybridized carbons (Fsp3) is 0.407. The van der Waals surface area contributed by atoms with Crippen LogP contribution in [0, 0.1) is 11.8 Å². The van der Waals surface area contributed by atoms with Crippen LogP contribution in [0.25, 0.3) is 0 Å². The number of hydroxylamine groups is 1. The average Bonchev–Trinajstić information content (AvgIpc) is 3.14. The fourth-order valence-electron chi connectivity index (χ4n) is 4.00. The second-order valence-electron chi connectivity index (χ2n) is 8.76. The number of nitrogens with one attached hydrogen (secondary N) is 3. The van der Waals surface area contributed by atoms with Gasteiger partial charge in [-0.2, -0.15) is 0 Å². The van der Waals surface area contributed by atoms with Crippen LogP contribution < -0.4 is 16.1 Å². The van der Waals surface area contributed by atoms with Crippen molar-refractivity contribution in [1.82, 2.24) is 16.1 Å². The van der Waals surface area contributed by atoms with Crippen molar-refractivity contribution < 1.29 is 19.9 Å². The molecule has 0 aliphatic heterocycles. The maximum Gasteiger partial charge on any atom is 0.268 e. The molecule has 0 radical (unpaired) electrons. The first-order valence-corrected chi connectivity index (χ1v) is 11.8. The molecule has 2 aromatic carbocycles. The number of hydrogen-bond acceptors (Lipinski definition) is 5. The quantitative estimate of drug-likeness (QED) is 0.188. The van der Waals surface area contributed by atoms with E-state index >= 15 is 0 Å². The number of aliphatic hydroxyl groups excluding tert-OH is 1. The van der Waals surface area contributed by atoms with Crippen LogP contribution in [0.5, 0.6) is 0 Å². The molecule has 0 heterocycles. The number of carbonyl (C=O) groups is 2. The van der Waals surface area contributed by atoms with E-state index in [9.17, 15) is 14.7 Å². The first kappa shape index (κ1) is 25.4. The third-order valence-electron chi connectivity index (χ3n) is 6.06. The van der Waals surface area contributed by atoms with Gasteiger partial charge in [-0.15, -0.1) is 0 Å². The van der Waals surface area contributed by atoms with Gasteiger partial charge in [0, 0.05) is 29.3 Å². The van der Waals surface area contributed by atoms with Crippen LogP contribution >= 0.6 is 0 Å². The third-order valence-corrected chi connectivity index (χ3v) is 6.06. The topological polar surface area (TPSA) is 111 Å². The van der Waals surface area contributed by atoms with Crippen LogP contribution in [0.4, 0.5) is 0 Å². The van der Waals surface area contributed by atoms with E-state index in [0.717, 1.165) is 17.7 Å². The molecular formula is C27H33N3O4. The van der Waals surface area contributed by atoms with Gasteiger partial charge in [0.2, 0.25) is 0 Å². The van der Waals surface area contributed by atoms with Crippen LogP contribution in [0.1, 0.15) is 72.5 Å². The Kier molecular flexibility index (Phi) is 9.65. The number of carbonyl (C=O) groups excluding carboxylic acids is 2. The fourth-order valence-corrected chi connectivity index (χ4v) is 4.00. The molecule has 7 heteroatoms. The maximum atomic E-state index is 12.3. The van der Waals surface area contributed by atoms with Gasteiger partial charge in [0.15, 0.2) is 0 Å². The summed E-state index contributed by atoms with van der Waals surface area (Å²) in [6, 6.07) is 14.2. The van der Waals surface area contributed by atoms with Gasteiger partial charge in [-0.25, -0.2) is 5.48 Å². The molecule has 0 bridgehead atoms. The number of benzene rings is 2. The summed E-state index contributed by atoms with van der Waals surface area (Å²) in [5.74, 6) is 4.79. The lowest BCUT2D eigenvalue weighted by Gasteiger charge is -2.19. The molecule has 1 fully saturated rings. The van der Waals surface area contributed by atoms with Crippen LogP contribution in [0.3, 0.4) is 0 Å². The molecule has 1 aliphatic rings. The van der Waals surface area contributed by atoms with Crippen molar-refractivity contribution in [2.75, 3.05) is 0 Å². The first-order chi connectivity index (χ1) is 16.5. The summed E-state index contributed by atoms with van der Waals surface area (Å²) in [6.07, 6.45) is 6.72. The highest BCUT2D eigenvalue weighted by Gasteiger charge is 2.25. The zero-order valence-electron chi connectivity index (χ0n) is 19.5. The summed E-state index contributed by atoms with van der Waals surface area (Å²) in [5, 5.41) is 24.5. The molecule has 0 spiro atoms. The normalized spacial score (nSPS) is 15.9. The summed E-state index contributed by atoms with van der Waals surface area (Å²) in [5.41, 5.74) is 4.65. The number of aliphatic hydroxyl groups is 1. The SMILES string of the molecule is CC(O)C(NC(=O)c1ccc(C#Cc2ccc(CNC3CCCCCC3)cc2)cc1)C(=O)NO. The second kappa shape index (κ2) is 12.9. The van der Waals surface area contributed by atoms with Crippen LogP contribution in [0.15, 0.2) is 48.5 Å². The molecule has 1 aliphatic carbocycles. The van der Waals surface area contributed by atoms with Crippen molar-refractivity contribution >= 4 is 11.8 Å². The molecule has 5 N–H and O–H groups in total. The molecule has 34 heavy (non-hydrogen) atoms. The molecule has 0 aromatic heterocycles. The van der Waals surface area contributed by atoms with Gasteiger partial charge in [0.05, 0.1) is 6.10 Å².